The highest BCUT2D eigenvalue weighted by atomic mass is 35.5. The van der Waals surface area contributed by atoms with Gasteiger partial charge in [0.25, 0.3) is 5.91 Å². The van der Waals surface area contributed by atoms with E-state index in [2.05, 4.69) is 16.0 Å². The van der Waals surface area contributed by atoms with Gasteiger partial charge in [0.2, 0.25) is 5.88 Å². The summed E-state index contributed by atoms with van der Waals surface area (Å²) >= 11 is 12.4. The zero-order valence-electron chi connectivity index (χ0n) is 17.1. The molecule has 2 aromatic rings. The third-order valence-electron chi connectivity index (χ3n) is 5.86. The van der Waals surface area contributed by atoms with E-state index in [4.69, 9.17) is 27.9 Å². The molecular formula is C24H23Cl2N3O2. The number of pyridine rings is 1. The van der Waals surface area contributed by atoms with Crippen LogP contribution in [0.25, 0.3) is 0 Å². The number of fused-ring (bicyclic) bond motifs is 1. The van der Waals surface area contributed by atoms with Gasteiger partial charge in [-0.15, -0.1) is 0 Å². The molecule has 1 amide bonds. The molecule has 3 aliphatic rings. The van der Waals surface area contributed by atoms with E-state index in [1.54, 1.807) is 18.2 Å². The number of nitrogens with zero attached hydrogens (tertiary/aromatic N) is 3. The minimum absolute atomic E-state index is 0.119. The van der Waals surface area contributed by atoms with Gasteiger partial charge in [-0.2, -0.15) is 0 Å². The number of ether oxygens (including phenoxy) is 1. The minimum atomic E-state index is -0.119. The number of amides is 1. The number of para-hydroxylation sites is 2. The molecule has 7 heteroatoms. The van der Waals surface area contributed by atoms with Gasteiger partial charge in [0.05, 0.1) is 11.4 Å². The van der Waals surface area contributed by atoms with E-state index in [0.717, 1.165) is 40.0 Å². The van der Waals surface area contributed by atoms with Crippen molar-refractivity contribution in [3.05, 3.63) is 69.9 Å². The lowest BCUT2D eigenvalue weighted by Crippen LogP contribution is -2.45. The van der Waals surface area contributed by atoms with Crippen LogP contribution in [0.4, 0.5) is 11.4 Å². The number of carbonyl (C=O) groups is 1. The number of allylic oxidation sites excluding steroid dienone is 2. The highest BCUT2D eigenvalue weighted by Crippen LogP contribution is 2.40. The zero-order valence-corrected chi connectivity index (χ0v) is 18.6. The molecule has 1 aliphatic heterocycles. The molecule has 2 heterocycles. The molecule has 0 saturated heterocycles. The third kappa shape index (κ3) is 4.30. The number of hydrogen-bond acceptors (Lipinski definition) is 4. The molecule has 31 heavy (non-hydrogen) atoms. The molecule has 1 aromatic heterocycles. The summed E-state index contributed by atoms with van der Waals surface area (Å²) in [5.41, 5.74) is 3.28. The van der Waals surface area contributed by atoms with Crippen LogP contribution in [-0.2, 0) is 0 Å². The highest BCUT2D eigenvalue weighted by Gasteiger charge is 2.35. The van der Waals surface area contributed by atoms with Crippen molar-refractivity contribution in [3.8, 4) is 5.88 Å². The Bertz CT molecular complexity index is 1080. The first-order valence-corrected chi connectivity index (χ1v) is 11.4. The van der Waals surface area contributed by atoms with E-state index in [-0.39, 0.29) is 12.5 Å². The summed E-state index contributed by atoms with van der Waals surface area (Å²) in [7, 11) is 0. The summed E-state index contributed by atoms with van der Waals surface area (Å²) in [6, 6.07) is 14.0. The fraction of sp³-hybridized carbons (Fsp3) is 0.333. The monoisotopic (exact) mass is 455 g/mol. The Balaban J connectivity index is 1.34. The van der Waals surface area contributed by atoms with Crippen LogP contribution in [0.2, 0.25) is 0 Å². The molecule has 0 bridgehead atoms. The van der Waals surface area contributed by atoms with Gasteiger partial charge in [-0.25, -0.2) is 4.98 Å². The zero-order chi connectivity index (χ0) is 21.4. The molecule has 5 nitrogen and oxygen atoms in total. The largest absolute Gasteiger partial charge is 0.473 e. The van der Waals surface area contributed by atoms with Crippen molar-refractivity contribution in [2.45, 2.75) is 31.7 Å². The van der Waals surface area contributed by atoms with Crippen LogP contribution in [0, 0.1) is 0 Å². The fourth-order valence-electron chi connectivity index (χ4n) is 4.11. The van der Waals surface area contributed by atoms with Gasteiger partial charge >= 0.3 is 0 Å². The van der Waals surface area contributed by atoms with Crippen molar-refractivity contribution in [2.75, 3.05) is 29.5 Å². The molecule has 2 aliphatic carbocycles. The summed E-state index contributed by atoms with van der Waals surface area (Å²) in [5, 5.41) is 1.52. The smallest absolute Gasteiger partial charge is 0.277 e. The summed E-state index contributed by atoms with van der Waals surface area (Å²) < 4.78 is 5.83. The number of halogens is 2. The average Bonchev–Trinajstić information content (AvgIpc) is 3.64. The lowest BCUT2D eigenvalue weighted by Gasteiger charge is -2.37. The highest BCUT2D eigenvalue weighted by molar-refractivity contribution is 6.32. The van der Waals surface area contributed by atoms with E-state index in [0.29, 0.717) is 30.6 Å². The molecule has 0 spiro atoms. The van der Waals surface area contributed by atoms with E-state index in [1.165, 1.54) is 12.8 Å². The van der Waals surface area contributed by atoms with Gasteiger partial charge in [-0.3, -0.25) is 4.79 Å². The molecular weight excluding hydrogens is 433 g/mol. The van der Waals surface area contributed by atoms with E-state index >= 15 is 0 Å². The predicted octanol–water partition coefficient (Wildman–Crippen LogP) is 5.50. The first-order valence-electron chi connectivity index (χ1n) is 10.6. The van der Waals surface area contributed by atoms with Crippen LogP contribution in [0.3, 0.4) is 0 Å². The number of hydrogen-bond donors (Lipinski definition) is 0. The Kier molecular flexibility index (Phi) is 5.63. The number of rotatable bonds is 5. The second kappa shape index (κ2) is 8.56. The van der Waals surface area contributed by atoms with Crippen LogP contribution in [-0.4, -0.2) is 36.6 Å². The standard InChI is InChI=1S/C24H23Cl2N3O2/c25-17-8-11-19(26)16(14-17)15-31-23-7-3-4-20(27-23)24(30)29-13-12-28(18-9-10-18)21-5-1-2-6-22(21)29/h1-7,14,18H,8-13,15H2. The van der Waals surface area contributed by atoms with Gasteiger partial charge in [0.15, 0.2) is 0 Å². The Morgan fingerprint density at radius 3 is 2.65 bits per heavy atom. The lowest BCUT2D eigenvalue weighted by molar-refractivity contribution is 0.0980. The van der Waals surface area contributed by atoms with E-state index < -0.39 is 0 Å². The summed E-state index contributed by atoms with van der Waals surface area (Å²) in [6.45, 7) is 1.75. The van der Waals surface area contributed by atoms with Crippen molar-refractivity contribution in [1.82, 2.24) is 4.98 Å². The molecule has 1 aromatic carbocycles. The summed E-state index contributed by atoms with van der Waals surface area (Å²) in [6.07, 6.45) is 5.77. The van der Waals surface area contributed by atoms with Crippen molar-refractivity contribution >= 4 is 40.5 Å². The van der Waals surface area contributed by atoms with Gasteiger partial charge in [-0.05, 0) is 50.0 Å². The van der Waals surface area contributed by atoms with Crippen molar-refractivity contribution in [2.24, 2.45) is 0 Å². The van der Waals surface area contributed by atoms with Crippen molar-refractivity contribution in [3.63, 3.8) is 0 Å². The van der Waals surface area contributed by atoms with Crippen LogP contribution in [0.15, 0.2) is 64.2 Å². The number of aromatic nitrogens is 1. The molecule has 0 radical (unpaired) electrons. The van der Waals surface area contributed by atoms with Crippen molar-refractivity contribution < 1.29 is 9.53 Å². The average molecular weight is 456 g/mol. The summed E-state index contributed by atoms with van der Waals surface area (Å²) in [5.74, 6) is 0.272. The SMILES string of the molecule is O=C(c1cccc(OCC2=C(Cl)CCC(Cl)=C2)n1)N1CCN(C2CC2)c2ccccc21. The Hall–Kier alpha value is -2.50. The van der Waals surface area contributed by atoms with Gasteiger partial charge in [0, 0.05) is 40.8 Å². The number of carbonyl (C=O) groups excluding carboxylic acids is 1. The number of anilines is 2. The topological polar surface area (TPSA) is 45.7 Å². The molecule has 1 saturated carbocycles. The van der Waals surface area contributed by atoms with Crippen molar-refractivity contribution in [1.29, 1.82) is 0 Å². The Morgan fingerprint density at radius 2 is 1.84 bits per heavy atom. The normalized spacial score (nSPS) is 18.6. The van der Waals surface area contributed by atoms with E-state index in [1.807, 2.05) is 29.2 Å². The predicted molar refractivity (Wildman–Crippen MR) is 124 cm³/mol. The van der Waals surface area contributed by atoms with Gasteiger partial charge < -0.3 is 14.5 Å². The second-order valence-electron chi connectivity index (χ2n) is 8.04. The van der Waals surface area contributed by atoms with Crippen LogP contribution in [0.1, 0.15) is 36.2 Å². The van der Waals surface area contributed by atoms with Gasteiger partial charge in [-0.1, -0.05) is 41.4 Å². The molecule has 1 fully saturated rings. The first-order chi connectivity index (χ1) is 15.1. The third-order valence-corrected chi connectivity index (χ3v) is 6.59. The molecule has 160 valence electrons. The molecule has 0 unspecified atom stereocenters. The van der Waals surface area contributed by atoms with E-state index in [9.17, 15) is 4.79 Å². The summed E-state index contributed by atoms with van der Waals surface area (Å²) in [4.78, 5) is 22.1. The first kappa shape index (κ1) is 20.4. The number of benzene rings is 1. The maximum atomic E-state index is 13.3. The molecule has 0 atom stereocenters. The van der Waals surface area contributed by atoms with Crippen LogP contribution >= 0.6 is 23.2 Å². The van der Waals surface area contributed by atoms with Crippen LogP contribution in [0.5, 0.6) is 5.88 Å². The minimum Gasteiger partial charge on any atom is -0.473 e. The maximum Gasteiger partial charge on any atom is 0.277 e. The maximum absolute atomic E-state index is 13.3. The lowest BCUT2D eigenvalue weighted by atomic mass is 10.1. The molecule has 0 N–H and O–H groups in total. The molecule has 5 rings (SSSR count). The van der Waals surface area contributed by atoms with Crippen LogP contribution < -0.4 is 14.5 Å². The fourth-order valence-corrected chi connectivity index (χ4v) is 4.54. The quantitative estimate of drug-likeness (QED) is 0.596. The van der Waals surface area contributed by atoms with Gasteiger partial charge in [0.1, 0.15) is 12.3 Å². The second-order valence-corrected chi connectivity index (χ2v) is 8.98. The Labute approximate surface area is 191 Å². The Morgan fingerprint density at radius 1 is 1.03 bits per heavy atom.